The predicted octanol–water partition coefficient (Wildman–Crippen LogP) is 6.02. The number of methoxy groups -OCH3 is 1. The molecule has 2 aromatic heterocycles. The molecule has 0 N–H and O–H groups in total. The summed E-state index contributed by atoms with van der Waals surface area (Å²) in [6.07, 6.45) is 1.59. The lowest BCUT2D eigenvalue weighted by molar-refractivity contribution is 0.0983. The van der Waals surface area contributed by atoms with Gasteiger partial charge in [0, 0.05) is 5.56 Å². The normalized spacial score (nSPS) is 11.0. The van der Waals surface area contributed by atoms with Gasteiger partial charge < -0.3 is 9.15 Å². The number of fused-ring (bicyclic) bond motifs is 1. The van der Waals surface area contributed by atoms with Gasteiger partial charge in [-0.3, -0.25) is 9.69 Å². The number of hydrogen-bond donors (Lipinski definition) is 0. The maximum absolute atomic E-state index is 13.4. The number of benzene rings is 2. The van der Waals surface area contributed by atoms with Gasteiger partial charge in [-0.15, -0.1) is 0 Å². The maximum Gasteiger partial charge on any atom is 0.260 e. The smallest absolute Gasteiger partial charge is 0.260 e. The zero-order valence-electron chi connectivity index (χ0n) is 16.2. The molecule has 29 heavy (non-hydrogen) atoms. The lowest BCUT2D eigenvalue weighted by atomic mass is 10.1. The van der Waals surface area contributed by atoms with E-state index in [9.17, 15) is 4.79 Å². The fourth-order valence-corrected chi connectivity index (χ4v) is 4.29. The summed E-state index contributed by atoms with van der Waals surface area (Å²) in [5.41, 5.74) is 3.42. The summed E-state index contributed by atoms with van der Waals surface area (Å²) >= 11 is 7.73. The van der Waals surface area contributed by atoms with E-state index < -0.39 is 0 Å². The van der Waals surface area contributed by atoms with Crippen molar-refractivity contribution < 1.29 is 13.9 Å². The molecule has 2 aromatic carbocycles. The molecule has 5 nitrogen and oxygen atoms in total. The topological polar surface area (TPSA) is 55.6 Å². The summed E-state index contributed by atoms with van der Waals surface area (Å²) < 4.78 is 11.7. The molecule has 7 heteroatoms. The number of hydrogen-bond acceptors (Lipinski definition) is 5. The molecule has 0 saturated heterocycles. The second kappa shape index (κ2) is 7.89. The van der Waals surface area contributed by atoms with Crippen LogP contribution < -0.4 is 9.64 Å². The van der Waals surface area contributed by atoms with Crippen LogP contribution in [0.2, 0.25) is 5.02 Å². The van der Waals surface area contributed by atoms with Crippen LogP contribution in [0.25, 0.3) is 10.2 Å². The number of rotatable bonds is 5. The lowest BCUT2D eigenvalue weighted by Gasteiger charge is -2.19. The first-order chi connectivity index (χ1) is 14.0. The van der Waals surface area contributed by atoms with Gasteiger partial charge in [0.05, 0.1) is 29.6 Å². The number of carbonyl (C=O) groups excluding carboxylic acids is 1. The monoisotopic (exact) mass is 426 g/mol. The SMILES string of the molecule is COc1ccc(Cl)c2sc(N(Cc3ccco3)C(=O)c3ccc(C)c(C)c3)nc12. The molecule has 4 aromatic rings. The van der Waals surface area contributed by atoms with Gasteiger partial charge in [0.2, 0.25) is 0 Å². The average Bonchev–Trinajstić information content (AvgIpc) is 3.38. The molecule has 0 bridgehead atoms. The molecule has 0 radical (unpaired) electrons. The number of thiazole rings is 1. The van der Waals surface area contributed by atoms with E-state index in [1.54, 1.807) is 36.5 Å². The molecular weight excluding hydrogens is 408 g/mol. The second-order valence-corrected chi connectivity index (χ2v) is 8.08. The van der Waals surface area contributed by atoms with Crippen LogP contribution >= 0.6 is 22.9 Å². The molecule has 4 rings (SSSR count). The molecule has 1 amide bonds. The van der Waals surface area contributed by atoms with Crippen LogP contribution in [-0.4, -0.2) is 18.0 Å². The van der Waals surface area contributed by atoms with Gasteiger partial charge >= 0.3 is 0 Å². The van der Waals surface area contributed by atoms with Crippen LogP contribution in [0, 0.1) is 13.8 Å². The first kappa shape index (κ1) is 19.5. The number of halogens is 1. The third-order valence-electron chi connectivity index (χ3n) is 4.79. The van der Waals surface area contributed by atoms with Crippen LogP contribution in [0.1, 0.15) is 27.2 Å². The minimum Gasteiger partial charge on any atom is -0.494 e. The minimum absolute atomic E-state index is 0.154. The van der Waals surface area contributed by atoms with Gasteiger partial charge in [0.25, 0.3) is 5.91 Å². The van der Waals surface area contributed by atoms with E-state index in [0.29, 0.717) is 32.7 Å². The number of ether oxygens (including phenoxy) is 1. The Hall–Kier alpha value is -2.83. The Morgan fingerprint density at radius 2 is 2.03 bits per heavy atom. The van der Waals surface area contributed by atoms with Gasteiger partial charge in [-0.05, 0) is 61.4 Å². The quantitative estimate of drug-likeness (QED) is 0.391. The van der Waals surface area contributed by atoms with Crippen molar-refractivity contribution in [1.29, 1.82) is 0 Å². The van der Waals surface area contributed by atoms with Gasteiger partial charge in [0.1, 0.15) is 17.0 Å². The third kappa shape index (κ3) is 3.73. The minimum atomic E-state index is -0.154. The summed E-state index contributed by atoms with van der Waals surface area (Å²) in [5.74, 6) is 1.13. The number of aryl methyl sites for hydroxylation is 2. The van der Waals surface area contributed by atoms with Gasteiger partial charge in [-0.1, -0.05) is 29.0 Å². The largest absolute Gasteiger partial charge is 0.494 e. The summed E-state index contributed by atoms with van der Waals surface area (Å²) in [7, 11) is 1.59. The summed E-state index contributed by atoms with van der Waals surface area (Å²) in [5, 5.41) is 1.10. The van der Waals surface area contributed by atoms with Crippen molar-refractivity contribution in [3.8, 4) is 5.75 Å². The Bertz CT molecular complexity index is 1180. The van der Waals surface area contributed by atoms with E-state index in [2.05, 4.69) is 4.98 Å². The van der Waals surface area contributed by atoms with Crippen molar-refractivity contribution >= 4 is 44.2 Å². The number of nitrogens with zero attached hydrogens (tertiary/aromatic N) is 2. The Morgan fingerprint density at radius 1 is 1.21 bits per heavy atom. The van der Waals surface area contributed by atoms with E-state index in [1.165, 1.54) is 11.3 Å². The molecule has 0 aliphatic carbocycles. The highest BCUT2D eigenvalue weighted by Gasteiger charge is 2.24. The van der Waals surface area contributed by atoms with Crippen molar-refractivity contribution in [3.63, 3.8) is 0 Å². The summed E-state index contributed by atoms with van der Waals surface area (Å²) in [6, 6.07) is 12.9. The Labute approximate surface area is 177 Å². The van der Waals surface area contributed by atoms with Crippen molar-refractivity contribution in [2.45, 2.75) is 20.4 Å². The lowest BCUT2D eigenvalue weighted by Crippen LogP contribution is -2.30. The van der Waals surface area contributed by atoms with Gasteiger partial charge in [-0.25, -0.2) is 4.98 Å². The van der Waals surface area contributed by atoms with E-state index in [4.69, 9.17) is 20.8 Å². The Kier molecular flexibility index (Phi) is 5.30. The molecule has 2 heterocycles. The highest BCUT2D eigenvalue weighted by atomic mass is 35.5. The van der Waals surface area contributed by atoms with E-state index in [-0.39, 0.29) is 12.5 Å². The molecule has 0 atom stereocenters. The van der Waals surface area contributed by atoms with Crippen molar-refractivity contribution in [3.05, 3.63) is 76.2 Å². The molecule has 0 aliphatic rings. The third-order valence-corrected chi connectivity index (χ3v) is 6.33. The molecule has 0 spiro atoms. The molecule has 0 fully saturated rings. The second-order valence-electron chi connectivity index (χ2n) is 6.69. The van der Waals surface area contributed by atoms with Crippen LogP contribution in [0.4, 0.5) is 5.13 Å². The van der Waals surface area contributed by atoms with Crippen molar-refractivity contribution in [2.24, 2.45) is 0 Å². The number of anilines is 1. The van der Waals surface area contributed by atoms with Crippen LogP contribution in [0.15, 0.2) is 53.1 Å². The van der Waals surface area contributed by atoms with Crippen molar-refractivity contribution in [1.82, 2.24) is 4.98 Å². The van der Waals surface area contributed by atoms with Crippen molar-refractivity contribution in [2.75, 3.05) is 12.0 Å². The predicted molar refractivity (Wildman–Crippen MR) is 116 cm³/mol. The summed E-state index contributed by atoms with van der Waals surface area (Å²) in [4.78, 5) is 19.7. The maximum atomic E-state index is 13.4. The molecule has 0 saturated carbocycles. The zero-order chi connectivity index (χ0) is 20.5. The fourth-order valence-electron chi connectivity index (χ4n) is 3.04. The first-order valence-electron chi connectivity index (χ1n) is 9.02. The Morgan fingerprint density at radius 3 is 2.72 bits per heavy atom. The molecule has 0 aliphatic heterocycles. The van der Waals surface area contributed by atoms with Crippen LogP contribution in [0.5, 0.6) is 5.75 Å². The highest BCUT2D eigenvalue weighted by Crippen LogP contribution is 2.39. The standard InChI is InChI=1S/C22H19ClN2O3S/c1-13-6-7-15(11-14(13)2)21(26)25(12-16-5-4-10-28-16)22-24-19-18(27-3)9-8-17(23)20(19)29-22/h4-11H,12H2,1-3H3. The number of aromatic nitrogens is 1. The number of carbonyl (C=O) groups is 1. The van der Waals surface area contributed by atoms with Gasteiger partial charge in [-0.2, -0.15) is 0 Å². The van der Waals surface area contributed by atoms with Crippen LogP contribution in [0.3, 0.4) is 0 Å². The van der Waals surface area contributed by atoms with E-state index >= 15 is 0 Å². The molecule has 0 unspecified atom stereocenters. The van der Waals surface area contributed by atoms with Gasteiger partial charge in [0.15, 0.2) is 5.13 Å². The highest BCUT2D eigenvalue weighted by molar-refractivity contribution is 7.23. The average molecular weight is 427 g/mol. The van der Waals surface area contributed by atoms with E-state index in [1.807, 2.05) is 38.1 Å². The molecular formula is C22H19ClN2O3S. The van der Waals surface area contributed by atoms with E-state index in [0.717, 1.165) is 15.8 Å². The number of furan rings is 1. The number of amides is 1. The van der Waals surface area contributed by atoms with Crippen LogP contribution in [-0.2, 0) is 6.54 Å². The Balaban J connectivity index is 1.82. The molecule has 148 valence electrons. The zero-order valence-corrected chi connectivity index (χ0v) is 17.8. The summed E-state index contributed by atoms with van der Waals surface area (Å²) in [6.45, 7) is 4.27. The first-order valence-corrected chi connectivity index (χ1v) is 10.2. The fraction of sp³-hybridized carbons (Fsp3) is 0.182.